The van der Waals surface area contributed by atoms with Gasteiger partial charge in [0.05, 0.1) is 5.75 Å². The molecule has 2 nitrogen and oxygen atoms in total. The summed E-state index contributed by atoms with van der Waals surface area (Å²) < 4.78 is 13.9. The first-order chi connectivity index (χ1) is 11.6. The average Bonchev–Trinajstić information content (AvgIpc) is 3.39. The smallest absolute Gasteiger partial charge is 0.233 e. The van der Waals surface area contributed by atoms with Crippen molar-refractivity contribution in [3.05, 3.63) is 71.0 Å². The highest BCUT2D eigenvalue weighted by Gasteiger charge is 2.32. The zero-order valence-corrected chi connectivity index (χ0v) is 14.7. The van der Waals surface area contributed by atoms with Crippen molar-refractivity contribution in [2.45, 2.75) is 38.1 Å². The van der Waals surface area contributed by atoms with Crippen LogP contribution in [0.4, 0.5) is 4.39 Å². The highest BCUT2D eigenvalue weighted by molar-refractivity contribution is 7.99. The number of carbonyl (C=O) groups is 1. The lowest BCUT2D eigenvalue weighted by Gasteiger charge is -2.22. The summed E-state index contributed by atoms with van der Waals surface area (Å²) in [5.41, 5.74) is 3.07. The van der Waals surface area contributed by atoms with Gasteiger partial charge in [-0.2, -0.15) is 0 Å². The summed E-state index contributed by atoms with van der Waals surface area (Å²) in [5.74, 6) is 1.15. The molecule has 1 aliphatic rings. The lowest BCUT2D eigenvalue weighted by atomic mass is 10.2. The minimum Gasteiger partial charge on any atom is -0.335 e. The Morgan fingerprint density at radius 3 is 2.71 bits per heavy atom. The molecule has 0 aromatic heterocycles. The van der Waals surface area contributed by atoms with Crippen LogP contribution in [0.2, 0.25) is 0 Å². The van der Waals surface area contributed by atoms with Crippen LogP contribution in [0.5, 0.6) is 0 Å². The van der Waals surface area contributed by atoms with E-state index in [4.69, 9.17) is 0 Å². The highest BCUT2D eigenvalue weighted by Crippen LogP contribution is 2.29. The Balaban J connectivity index is 1.56. The molecule has 1 fully saturated rings. The summed E-state index contributed by atoms with van der Waals surface area (Å²) >= 11 is 1.63. The van der Waals surface area contributed by atoms with E-state index in [0.717, 1.165) is 18.6 Å². The first-order valence-corrected chi connectivity index (χ1v) is 9.45. The van der Waals surface area contributed by atoms with Gasteiger partial charge in [0.1, 0.15) is 5.82 Å². The summed E-state index contributed by atoms with van der Waals surface area (Å²) in [4.78, 5) is 14.4. The molecule has 24 heavy (non-hydrogen) atoms. The van der Waals surface area contributed by atoms with Crippen LogP contribution in [0.1, 0.15) is 29.5 Å². The summed E-state index contributed by atoms with van der Waals surface area (Å²) in [5, 5.41) is 0. The van der Waals surface area contributed by atoms with E-state index in [0.29, 0.717) is 17.9 Å². The van der Waals surface area contributed by atoms with E-state index >= 15 is 0 Å². The van der Waals surface area contributed by atoms with E-state index in [1.54, 1.807) is 23.9 Å². The van der Waals surface area contributed by atoms with Crippen molar-refractivity contribution in [1.29, 1.82) is 0 Å². The zero-order valence-electron chi connectivity index (χ0n) is 13.9. The molecule has 0 bridgehead atoms. The molecule has 0 heterocycles. The first-order valence-electron chi connectivity index (χ1n) is 8.29. The summed E-state index contributed by atoms with van der Waals surface area (Å²) in [7, 11) is 0. The number of hydrogen-bond donors (Lipinski definition) is 0. The lowest BCUT2D eigenvalue weighted by molar-refractivity contribution is -0.129. The van der Waals surface area contributed by atoms with Crippen molar-refractivity contribution in [3.8, 4) is 0 Å². The van der Waals surface area contributed by atoms with Gasteiger partial charge in [-0.3, -0.25) is 4.79 Å². The average molecular weight is 343 g/mol. The topological polar surface area (TPSA) is 20.3 Å². The van der Waals surface area contributed by atoms with Crippen molar-refractivity contribution in [1.82, 2.24) is 4.90 Å². The Morgan fingerprint density at radius 2 is 2.00 bits per heavy atom. The van der Waals surface area contributed by atoms with E-state index < -0.39 is 0 Å². The largest absolute Gasteiger partial charge is 0.335 e. The molecule has 0 aliphatic heterocycles. The van der Waals surface area contributed by atoms with Crippen LogP contribution in [0.3, 0.4) is 0 Å². The predicted molar refractivity (Wildman–Crippen MR) is 97.3 cm³/mol. The van der Waals surface area contributed by atoms with Crippen LogP contribution in [0.25, 0.3) is 0 Å². The molecular weight excluding hydrogens is 321 g/mol. The maximum absolute atomic E-state index is 13.9. The van der Waals surface area contributed by atoms with Crippen molar-refractivity contribution in [3.63, 3.8) is 0 Å². The second kappa shape index (κ2) is 7.84. The standard InChI is InChI=1S/C20H22FNOS/c1-15-5-4-6-16(11-15)13-24-14-20(23)22(18-9-10-18)12-17-7-2-3-8-19(17)21/h2-8,11,18H,9-10,12-14H2,1H3. The molecule has 0 N–H and O–H groups in total. The van der Waals surface area contributed by atoms with E-state index in [1.165, 1.54) is 17.2 Å². The van der Waals surface area contributed by atoms with E-state index in [2.05, 4.69) is 25.1 Å². The van der Waals surface area contributed by atoms with Crippen LogP contribution in [-0.4, -0.2) is 22.6 Å². The van der Waals surface area contributed by atoms with Gasteiger partial charge < -0.3 is 4.90 Å². The van der Waals surface area contributed by atoms with Crippen LogP contribution < -0.4 is 0 Å². The number of hydrogen-bond acceptors (Lipinski definition) is 2. The minimum absolute atomic E-state index is 0.110. The third kappa shape index (κ3) is 4.60. The van der Waals surface area contributed by atoms with Crippen molar-refractivity contribution < 1.29 is 9.18 Å². The predicted octanol–water partition coefficient (Wildman–Crippen LogP) is 4.56. The second-order valence-electron chi connectivity index (χ2n) is 6.33. The maximum Gasteiger partial charge on any atom is 0.233 e. The molecule has 126 valence electrons. The van der Waals surface area contributed by atoms with Crippen LogP contribution >= 0.6 is 11.8 Å². The number of amides is 1. The number of aryl methyl sites for hydroxylation is 1. The van der Waals surface area contributed by atoms with E-state index in [9.17, 15) is 9.18 Å². The molecule has 1 saturated carbocycles. The SMILES string of the molecule is Cc1cccc(CSCC(=O)N(Cc2ccccc2F)C2CC2)c1. The molecule has 1 aliphatic carbocycles. The Labute approximate surface area is 147 Å². The third-order valence-electron chi connectivity index (χ3n) is 4.18. The quantitative estimate of drug-likeness (QED) is 0.734. The zero-order chi connectivity index (χ0) is 16.9. The van der Waals surface area contributed by atoms with Crippen LogP contribution in [0.15, 0.2) is 48.5 Å². The number of nitrogens with zero attached hydrogens (tertiary/aromatic N) is 1. The fourth-order valence-electron chi connectivity index (χ4n) is 2.76. The van der Waals surface area contributed by atoms with E-state index in [1.807, 2.05) is 17.0 Å². The van der Waals surface area contributed by atoms with E-state index in [-0.39, 0.29) is 17.8 Å². The maximum atomic E-state index is 13.9. The first kappa shape index (κ1) is 17.0. The molecule has 0 radical (unpaired) electrons. The van der Waals surface area contributed by atoms with Gasteiger partial charge >= 0.3 is 0 Å². The normalized spacial score (nSPS) is 13.8. The molecule has 0 unspecified atom stereocenters. The third-order valence-corrected chi connectivity index (χ3v) is 5.17. The second-order valence-corrected chi connectivity index (χ2v) is 7.31. The Bertz CT molecular complexity index is 714. The number of carbonyl (C=O) groups excluding carboxylic acids is 1. The Kier molecular flexibility index (Phi) is 5.56. The summed E-state index contributed by atoms with van der Waals surface area (Å²) in [6.45, 7) is 2.45. The molecular formula is C20H22FNOS. The number of benzene rings is 2. The number of thioether (sulfide) groups is 1. The Morgan fingerprint density at radius 1 is 1.21 bits per heavy atom. The van der Waals surface area contributed by atoms with Gasteiger partial charge in [0, 0.05) is 23.9 Å². The molecule has 0 spiro atoms. The van der Waals surface area contributed by atoms with Gasteiger partial charge in [-0.25, -0.2) is 4.39 Å². The van der Waals surface area contributed by atoms with Gasteiger partial charge in [-0.1, -0.05) is 48.0 Å². The van der Waals surface area contributed by atoms with Crippen molar-refractivity contribution in [2.75, 3.05) is 5.75 Å². The number of halogens is 1. The van der Waals surface area contributed by atoms with Gasteiger partial charge in [-0.15, -0.1) is 11.8 Å². The fraction of sp³-hybridized carbons (Fsp3) is 0.350. The van der Waals surface area contributed by atoms with Crippen molar-refractivity contribution in [2.24, 2.45) is 0 Å². The molecule has 2 aromatic rings. The molecule has 1 amide bonds. The summed E-state index contributed by atoms with van der Waals surface area (Å²) in [6.07, 6.45) is 2.06. The minimum atomic E-state index is -0.233. The fourth-order valence-corrected chi connectivity index (χ4v) is 3.62. The lowest BCUT2D eigenvalue weighted by Crippen LogP contribution is -2.34. The molecule has 0 saturated heterocycles. The van der Waals surface area contributed by atoms with Gasteiger partial charge in [0.25, 0.3) is 0 Å². The molecule has 3 rings (SSSR count). The van der Waals surface area contributed by atoms with Crippen LogP contribution in [0, 0.1) is 12.7 Å². The highest BCUT2D eigenvalue weighted by atomic mass is 32.2. The van der Waals surface area contributed by atoms with Crippen molar-refractivity contribution >= 4 is 17.7 Å². The monoisotopic (exact) mass is 343 g/mol. The molecule has 0 atom stereocenters. The Hall–Kier alpha value is -1.81. The van der Waals surface area contributed by atoms with Gasteiger partial charge in [-0.05, 0) is 31.4 Å². The number of rotatable bonds is 7. The van der Waals surface area contributed by atoms with Crippen LogP contribution in [-0.2, 0) is 17.1 Å². The molecule has 4 heteroatoms. The molecule has 2 aromatic carbocycles. The summed E-state index contributed by atoms with van der Waals surface area (Å²) in [6, 6.07) is 15.4. The van der Waals surface area contributed by atoms with Gasteiger partial charge in [0.15, 0.2) is 0 Å². The van der Waals surface area contributed by atoms with Gasteiger partial charge in [0.2, 0.25) is 5.91 Å².